The normalized spacial score (nSPS) is 13.0. The summed E-state index contributed by atoms with van der Waals surface area (Å²) in [5.74, 6) is 0.301. The molecule has 0 saturated heterocycles. The predicted octanol–water partition coefficient (Wildman–Crippen LogP) is 1.08. The fourth-order valence-corrected chi connectivity index (χ4v) is 1.76. The van der Waals surface area contributed by atoms with Gasteiger partial charge in [-0.05, 0) is 11.5 Å². The smallest absolute Gasteiger partial charge is 0.0468 e. The quantitative estimate of drug-likeness (QED) is 0.725. The fraction of sp³-hybridized carbons (Fsp3) is 0.538. The van der Waals surface area contributed by atoms with E-state index in [9.17, 15) is 0 Å². The predicted molar refractivity (Wildman–Crippen MR) is 67.0 cm³/mol. The van der Waals surface area contributed by atoms with Crippen molar-refractivity contribution in [3.8, 4) is 0 Å². The van der Waals surface area contributed by atoms with Gasteiger partial charge in [0, 0.05) is 32.8 Å². The highest BCUT2D eigenvalue weighted by Crippen LogP contribution is 2.06. The first-order valence-electron chi connectivity index (χ1n) is 5.83. The zero-order valence-electron chi connectivity index (χ0n) is 9.97. The Kier molecular flexibility index (Phi) is 6.08. The largest absolute Gasteiger partial charge is 0.396 e. The molecular weight excluding hydrogens is 200 g/mol. The summed E-state index contributed by atoms with van der Waals surface area (Å²) in [6.45, 7) is 5.61. The maximum absolute atomic E-state index is 9.06. The average Bonchev–Trinajstić information content (AvgIpc) is 2.30. The topological polar surface area (TPSA) is 49.5 Å². The molecule has 0 bridgehead atoms. The minimum Gasteiger partial charge on any atom is -0.396 e. The molecule has 0 spiro atoms. The Balaban J connectivity index is 2.50. The van der Waals surface area contributed by atoms with Crippen molar-refractivity contribution in [2.45, 2.75) is 13.5 Å². The Labute approximate surface area is 97.9 Å². The van der Waals surface area contributed by atoms with Crippen molar-refractivity contribution < 1.29 is 5.11 Å². The van der Waals surface area contributed by atoms with Gasteiger partial charge in [-0.15, -0.1) is 0 Å². The minimum absolute atomic E-state index is 0.232. The number of hydrogen-bond donors (Lipinski definition) is 2. The van der Waals surface area contributed by atoms with E-state index in [0.29, 0.717) is 12.5 Å². The lowest BCUT2D eigenvalue weighted by Gasteiger charge is -2.24. The first-order valence-corrected chi connectivity index (χ1v) is 5.83. The summed E-state index contributed by atoms with van der Waals surface area (Å²) in [5.41, 5.74) is 6.89. The molecule has 0 fully saturated rings. The Hall–Kier alpha value is -0.900. The van der Waals surface area contributed by atoms with Crippen molar-refractivity contribution in [2.24, 2.45) is 11.7 Å². The molecule has 0 amide bonds. The maximum atomic E-state index is 9.06. The van der Waals surface area contributed by atoms with Crippen LogP contribution in [0.2, 0.25) is 0 Å². The van der Waals surface area contributed by atoms with Crippen LogP contribution in [0.15, 0.2) is 30.3 Å². The highest BCUT2D eigenvalue weighted by atomic mass is 16.3. The molecule has 3 N–H and O–H groups in total. The molecule has 90 valence electrons. The zero-order chi connectivity index (χ0) is 11.8. The van der Waals surface area contributed by atoms with Crippen LogP contribution in [0.3, 0.4) is 0 Å². The molecule has 0 saturated carbocycles. The summed E-state index contributed by atoms with van der Waals surface area (Å²) in [6, 6.07) is 10.4. The van der Waals surface area contributed by atoms with Crippen molar-refractivity contribution in [1.82, 2.24) is 4.90 Å². The second-order valence-electron chi connectivity index (χ2n) is 4.30. The van der Waals surface area contributed by atoms with Crippen LogP contribution >= 0.6 is 0 Å². The number of nitrogens with zero attached hydrogens (tertiary/aromatic N) is 1. The highest BCUT2D eigenvalue weighted by molar-refractivity contribution is 5.14. The molecule has 1 atom stereocenters. The van der Waals surface area contributed by atoms with Crippen molar-refractivity contribution in [3.05, 3.63) is 35.9 Å². The summed E-state index contributed by atoms with van der Waals surface area (Å²) in [7, 11) is 0. The molecule has 0 heterocycles. The van der Waals surface area contributed by atoms with Crippen LogP contribution in [0.5, 0.6) is 0 Å². The molecule has 3 nitrogen and oxygen atoms in total. The van der Waals surface area contributed by atoms with E-state index in [0.717, 1.165) is 19.6 Å². The van der Waals surface area contributed by atoms with Crippen molar-refractivity contribution in [2.75, 3.05) is 26.2 Å². The van der Waals surface area contributed by atoms with Gasteiger partial charge in [-0.25, -0.2) is 0 Å². The lowest BCUT2D eigenvalue weighted by Crippen LogP contribution is -2.33. The molecule has 1 unspecified atom stereocenters. The lowest BCUT2D eigenvalue weighted by molar-refractivity contribution is 0.171. The first kappa shape index (κ1) is 13.2. The average molecular weight is 222 g/mol. The molecule has 0 aliphatic carbocycles. The molecule has 3 heteroatoms. The van der Waals surface area contributed by atoms with E-state index in [-0.39, 0.29) is 6.61 Å². The fourth-order valence-electron chi connectivity index (χ4n) is 1.76. The summed E-state index contributed by atoms with van der Waals surface area (Å²) < 4.78 is 0. The van der Waals surface area contributed by atoms with Crippen molar-refractivity contribution >= 4 is 0 Å². The van der Waals surface area contributed by atoms with E-state index in [2.05, 4.69) is 24.0 Å². The van der Waals surface area contributed by atoms with Gasteiger partial charge >= 0.3 is 0 Å². The molecule has 1 aromatic carbocycles. The Morgan fingerprint density at radius 3 is 2.56 bits per heavy atom. The number of aliphatic hydroxyl groups excluding tert-OH is 1. The first-order chi connectivity index (χ1) is 7.76. The summed E-state index contributed by atoms with van der Waals surface area (Å²) >= 11 is 0. The second-order valence-corrected chi connectivity index (χ2v) is 4.30. The minimum atomic E-state index is 0.232. The van der Waals surface area contributed by atoms with E-state index >= 15 is 0 Å². The third kappa shape index (κ3) is 4.75. The summed E-state index contributed by atoms with van der Waals surface area (Å²) in [4.78, 5) is 2.29. The Morgan fingerprint density at radius 2 is 2.00 bits per heavy atom. The van der Waals surface area contributed by atoms with Gasteiger partial charge < -0.3 is 10.8 Å². The molecule has 0 radical (unpaired) electrons. The summed E-state index contributed by atoms with van der Waals surface area (Å²) in [5, 5.41) is 9.06. The van der Waals surface area contributed by atoms with E-state index in [4.69, 9.17) is 10.8 Å². The van der Waals surface area contributed by atoms with Gasteiger partial charge in [-0.2, -0.15) is 0 Å². The molecule has 0 aliphatic heterocycles. The van der Waals surface area contributed by atoms with Gasteiger partial charge in [0.05, 0.1) is 0 Å². The molecule has 16 heavy (non-hydrogen) atoms. The molecular formula is C13H22N2O. The number of nitrogens with two attached hydrogens (primary N) is 1. The lowest BCUT2D eigenvalue weighted by atomic mass is 10.1. The number of benzene rings is 1. The summed E-state index contributed by atoms with van der Waals surface area (Å²) in [6.07, 6.45) is 0. The van der Waals surface area contributed by atoms with E-state index in [1.807, 2.05) is 18.2 Å². The van der Waals surface area contributed by atoms with Gasteiger partial charge in [-0.3, -0.25) is 4.90 Å². The van der Waals surface area contributed by atoms with Crippen LogP contribution in [0.1, 0.15) is 12.5 Å². The standard InChI is InChI=1S/C13H22N2O/c1-12(11-16)9-15(8-7-14)10-13-5-3-2-4-6-13/h2-6,12,16H,7-11,14H2,1H3. The second kappa shape index (κ2) is 7.39. The van der Waals surface area contributed by atoms with Gasteiger partial charge in [0.25, 0.3) is 0 Å². The van der Waals surface area contributed by atoms with Crippen LogP contribution in [-0.2, 0) is 6.54 Å². The third-order valence-electron chi connectivity index (χ3n) is 2.58. The van der Waals surface area contributed by atoms with E-state index < -0.39 is 0 Å². The maximum Gasteiger partial charge on any atom is 0.0468 e. The number of hydrogen-bond acceptors (Lipinski definition) is 3. The van der Waals surface area contributed by atoms with Crippen LogP contribution in [0.25, 0.3) is 0 Å². The van der Waals surface area contributed by atoms with Crippen LogP contribution < -0.4 is 5.73 Å². The van der Waals surface area contributed by atoms with Crippen LogP contribution in [-0.4, -0.2) is 36.2 Å². The van der Waals surface area contributed by atoms with Crippen LogP contribution in [0, 0.1) is 5.92 Å². The molecule has 1 rings (SSSR count). The highest BCUT2D eigenvalue weighted by Gasteiger charge is 2.09. The van der Waals surface area contributed by atoms with Gasteiger partial charge in [0.15, 0.2) is 0 Å². The third-order valence-corrected chi connectivity index (χ3v) is 2.58. The SMILES string of the molecule is CC(CO)CN(CCN)Cc1ccccc1. The Morgan fingerprint density at radius 1 is 1.31 bits per heavy atom. The van der Waals surface area contributed by atoms with E-state index in [1.54, 1.807) is 0 Å². The van der Waals surface area contributed by atoms with Crippen molar-refractivity contribution in [3.63, 3.8) is 0 Å². The molecule has 0 aliphatic rings. The monoisotopic (exact) mass is 222 g/mol. The van der Waals surface area contributed by atoms with E-state index in [1.165, 1.54) is 5.56 Å². The van der Waals surface area contributed by atoms with Gasteiger partial charge in [0.2, 0.25) is 0 Å². The van der Waals surface area contributed by atoms with Gasteiger partial charge in [-0.1, -0.05) is 37.3 Å². The number of aliphatic hydroxyl groups is 1. The zero-order valence-corrected chi connectivity index (χ0v) is 9.97. The van der Waals surface area contributed by atoms with Gasteiger partial charge in [0.1, 0.15) is 0 Å². The Bertz CT molecular complexity index is 277. The number of rotatable bonds is 7. The van der Waals surface area contributed by atoms with Crippen LogP contribution in [0.4, 0.5) is 0 Å². The van der Waals surface area contributed by atoms with Crippen molar-refractivity contribution in [1.29, 1.82) is 0 Å². The molecule has 1 aromatic rings. The molecule has 0 aromatic heterocycles.